The van der Waals surface area contributed by atoms with E-state index in [1.807, 2.05) is 54.6 Å². The quantitative estimate of drug-likeness (QED) is 0.524. The van der Waals surface area contributed by atoms with Gasteiger partial charge in [-0.25, -0.2) is 0 Å². The van der Waals surface area contributed by atoms with Gasteiger partial charge in [0.05, 0.1) is 5.56 Å². The number of anilines is 1. The predicted molar refractivity (Wildman–Crippen MR) is 102 cm³/mol. The first-order valence-corrected chi connectivity index (χ1v) is 9.69. The summed E-state index contributed by atoms with van der Waals surface area (Å²) in [6, 6.07) is 19.5. The zero-order chi connectivity index (χ0) is 16.1. The van der Waals surface area contributed by atoms with Gasteiger partial charge in [0.2, 0.25) is 0 Å². The van der Waals surface area contributed by atoms with Crippen LogP contribution in [0.4, 0.5) is 5.69 Å². The molecule has 5 heteroatoms. The molecule has 116 valence electrons. The standard InChI is InChI=1S/C18H14BrNOS2/c19-13-5-3-6-14(11-13)20-18(21)16-8-1-2-9-17(16)23-12-15-7-4-10-22-15/h1-11H,12H2,(H,20,21). The highest BCUT2D eigenvalue weighted by molar-refractivity contribution is 9.10. The van der Waals surface area contributed by atoms with Crippen LogP contribution < -0.4 is 5.32 Å². The van der Waals surface area contributed by atoms with E-state index in [-0.39, 0.29) is 5.91 Å². The number of hydrogen-bond donors (Lipinski definition) is 1. The average Bonchev–Trinajstić information content (AvgIpc) is 3.06. The van der Waals surface area contributed by atoms with Crippen LogP contribution in [0.15, 0.2) is 75.4 Å². The van der Waals surface area contributed by atoms with Crippen molar-refractivity contribution in [1.29, 1.82) is 0 Å². The number of hydrogen-bond acceptors (Lipinski definition) is 3. The first-order valence-electron chi connectivity index (χ1n) is 7.03. The van der Waals surface area contributed by atoms with Gasteiger partial charge in [-0.05, 0) is 41.8 Å². The van der Waals surface area contributed by atoms with Crippen LogP contribution in [0.2, 0.25) is 0 Å². The first-order chi connectivity index (χ1) is 11.2. The first kappa shape index (κ1) is 16.3. The van der Waals surface area contributed by atoms with E-state index in [0.29, 0.717) is 5.56 Å². The van der Waals surface area contributed by atoms with E-state index >= 15 is 0 Å². The number of carbonyl (C=O) groups is 1. The van der Waals surface area contributed by atoms with Crippen molar-refractivity contribution in [3.8, 4) is 0 Å². The molecular formula is C18H14BrNOS2. The summed E-state index contributed by atoms with van der Waals surface area (Å²) in [6.45, 7) is 0. The van der Waals surface area contributed by atoms with Crippen molar-refractivity contribution < 1.29 is 4.79 Å². The molecule has 0 aliphatic rings. The van der Waals surface area contributed by atoms with Crippen molar-refractivity contribution in [3.05, 3.63) is 81.0 Å². The van der Waals surface area contributed by atoms with Crippen molar-refractivity contribution in [2.24, 2.45) is 0 Å². The van der Waals surface area contributed by atoms with Crippen LogP contribution in [-0.4, -0.2) is 5.91 Å². The van der Waals surface area contributed by atoms with Crippen molar-refractivity contribution in [1.82, 2.24) is 0 Å². The summed E-state index contributed by atoms with van der Waals surface area (Å²) in [5.74, 6) is 0.788. The van der Waals surface area contributed by atoms with E-state index in [1.54, 1.807) is 23.1 Å². The number of thioether (sulfide) groups is 1. The maximum atomic E-state index is 12.6. The molecule has 0 atom stereocenters. The number of halogens is 1. The summed E-state index contributed by atoms with van der Waals surface area (Å²) < 4.78 is 0.940. The van der Waals surface area contributed by atoms with E-state index in [0.717, 1.165) is 20.8 Å². The number of nitrogens with one attached hydrogen (secondary N) is 1. The molecule has 23 heavy (non-hydrogen) atoms. The SMILES string of the molecule is O=C(Nc1cccc(Br)c1)c1ccccc1SCc1cccs1. The molecular weight excluding hydrogens is 390 g/mol. The number of amides is 1. The van der Waals surface area contributed by atoms with Crippen molar-refractivity contribution >= 4 is 50.6 Å². The lowest BCUT2D eigenvalue weighted by atomic mass is 10.2. The van der Waals surface area contributed by atoms with Crippen LogP contribution in [0.3, 0.4) is 0 Å². The highest BCUT2D eigenvalue weighted by atomic mass is 79.9. The van der Waals surface area contributed by atoms with Crippen LogP contribution in [-0.2, 0) is 5.75 Å². The van der Waals surface area contributed by atoms with E-state index in [2.05, 4.69) is 32.7 Å². The minimum absolute atomic E-state index is 0.0858. The molecule has 0 aliphatic carbocycles. The van der Waals surface area contributed by atoms with Gasteiger partial charge >= 0.3 is 0 Å². The Morgan fingerprint density at radius 3 is 2.74 bits per heavy atom. The van der Waals surface area contributed by atoms with E-state index < -0.39 is 0 Å². The van der Waals surface area contributed by atoms with Gasteiger partial charge in [0, 0.05) is 25.7 Å². The number of carbonyl (C=O) groups excluding carboxylic acids is 1. The maximum Gasteiger partial charge on any atom is 0.256 e. The predicted octanol–water partition coefficient (Wildman–Crippen LogP) is 6.06. The molecule has 0 unspecified atom stereocenters. The van der Waals surface area contributed by atoms with Gasteiger partial charge in [-0.1, -0.05) is 40.2 Å². The lowest BCUT2D eigenvalue weighted by molar-refractivity contribution is 0.102. The minimum Gasteiger partial charge on any atom is -0.322 e. The molecule has 2 nitrogen and oxygen atoms in total. The lowest BCUT2D eigenvalue weighted by Gasteiger charge is -2.10. The van der Waals surface area contributed by atoms with Gasteiger partial charge in [0.1, 0.15) is 0 Å². The van der Waals surface area contributed by atoms with Crippen LogP contribution >= 0.6 is 39.0 Å². The molecule has 1 aromatic heterocycles. The fraction of sp³-hybridized carbons (Fsp3) is 0.0556. The number of thiophene rings is 1. The van der Waals surface area contributed by atoms with E-state index in [1.165, 1.54) is 4.88 Å². The molecule has 2 aromatic carbocycles. The second kappa shape index (κ2) is 7.81. The van der Waals surface area contributed by atoms with Crippen LogP contribution in [0.1, 0.15) is 15.2 Å². The second-order valence-electron chi connectivity index (χ2n) is 4.83. The van der Waals surface area contributed by atoms with Gasteiger partial charge in [-0.3, -0.25) is 4.79 Å². The Balaban J connectivity index is 1.75. The van der Waals surface area contributed by atoms with Gasteiger partial charge in [0.15, 0.2) is 0 Å². The summed E-state index contributed by atoms with van der Waals surface area (Å²) in [5, 5.41) is 5.02. The Kier molecular flexibility index (Phi) is 5.54. The van der Waals surface area contributed by atoms with E-state index in [4.69, 9.17) is 0 Å². The molecule has 0 fully saturated rings. The number of rotatable bonds is 5. The van der Waals surface area contributed by atoms with Gasteiger partial charge in [-0.2, -0.15) is 0 Å². The third kappa shape index (κ3) is 4.47. The van der Waals surface area contributed by atoms with Crippen molar-refractivity contribution in [2.45, 2.75) is 10.6 Å². The van der Waals surface area contributed by atoms with Crippen molar-refractivity contribution in [2.75, 3.05) is 5.32 Å². The zero-order valence-electron chi connectivity index (χ0n) is 12.2. The zero-order valence-corrected chi connectivity index (χ0v) is 15.4. The Labute approximate surface area is 152 Å². The molecule has 0 radical (unpaired) electrons. The fourth-order valence-electron chi connectivity index (χ4n) is 2.09. The average molecular weight is 404 g/mol. The highest BCUT2D eigenvalue weighted by Crippen LogP contribution is 2.28. The summed E-state index contributed by atoms with van der Waals surface area (Å²) in [5.41, 5.74) is 1.48. The Morgan fingerprint density at radius 1 is 1.09 bits per heavy atom. The third-order valence-corrected chi connectivity index (χ3v) is 5.84. The van der Waals surface area contributed by atoms with Crippen LogP contribution in [0.25, 0.3) is 0 Å². The van der Waals surface area contributed by atoms with E-state index in [9.17, 15) is 4.79 Å². The monoisotopic (exact) mass is 403 g/mol. The summed E-state index contributed by atoms with van der Waals surface area (Å²) >= 11 is 6.84. The van der Waals surface area contributed by atoms with Gasteiger partial charge in [0.25, 0.3) is 5.91 Å². The van der Waals surface area contributed by atoms with Gasteiger partial charge < -0.3 is 5.32 Å². The highest BCUT2D eigenvalue weighted by Gasteiger charge is 2.12. The smallest absolute Gasteiger partial charge is 0.256 e. The summed E-state index contributed by atoms with van der Waals surface area (Å²) in [6.07, 6.45) is 0. The molecule has 0 bridgehead atoms. The summed E-state index contributed by atoms with van der Waals surface area (Å²) in [4.78, 5) is 14.9. The Morgan fingerprint density at radius 2 is 1.96 bits per heavy atom. The topological polar surface area (TPSA) is 29.1 Å². The second-order valence-corrected chi connectivity index (χ2v) is 7.79. The normalized spacial score (nSPS) is 10.5. The largest absolute Gasteiger partial charge is 0.322 e. The molecule has 1 heterocycles. The number of benzene rings is 2. The van der Waals surface area contributed by atoms with Crippen molar-refractivity contribution in [3.63, 3.8) is 0 Å². The minimum atomic E-state index is -0.0858. The molecule has 0 saturated heterocycles. The molecule has 3 aromatic rings. The molecule has 0 saturated carbocycles. The molecule has 0 spiro atoms. The lowest BCUT2D eigenvalue weighted by Crippen LogP contribution is -2.12. The fourth-order valence-corrected chi connectivity index (χ4v) is 4.31. The Bertz CT molecular complexity index is 802. The van der Waals surface area contributed by atoms with Crippen LogP contribution in [0.5, 0.6) is 0 Å². The Hall–Kier alpha value is -1.56. The molecule has 1 amide bonds. The summed E-state index contributed by atoms with van der Waals surface area (Å²) in [7, 11) is 0. The molecule has 3 rings (SSSR count). The molecule has 0 aliphatic heterocycles. The van der Waals surface area contributed by atoms with Crippen LogP contribution in [0, 0.1) is 0 Å². The van der Waals surface area contributed by atoms with Gasteiger partial charge in [-0.15, -0.1) is 23.1 Å². The molecule has 1 N–H and O–H groups in total. The third-order valence-electron chi connectivity index (χ3n) is 3.16. The maximum absolute atomic E-state index is 12.6.